The summed E-state index contributed by atoms with van der Waals surface area (Å²) in [5.74, 6) is 1.66. The van der Waals surface area contributed by atoms with Gasteiger partial charge in [-0.15, -0.1) is 10.2 Å². The zero-order chi connectivity index (χ0) is 19.1. The van der Waals surface area contributed by atoms with Gasteiger partial charge in [-0.3, -0.25) is 0 Å². The van der Waals surface area contributed by atoms with Gasteiger partial charge >= 0.3 is 0 Å². The van der Waals surface area contributed by atoms with Crippen LogP contribution in [0.4, 0.5) is 5.82 Å². The Morgan fingerprint density at radius 1 is 1.18 bits per heavy atom. The highest BCUT2D eigenvalue weighted by Crippen LogP contribution is 2.31. The lowest BCUT2D eigenvalue weighted by Gasteiger charge is -2.00. The Hall–Kier alpha value is -4.08. The summed E-state index contributed by atoms with van der Waals surface area (Å²) in [6, 6.07) is 7.82. The van der Waals surface area contributed by atoms with E-state index in [1.165, 1.54) is 0 Å². The monoisotopic (exact) mass is 373 g/mol. The number of aromatic amines is 1. The summed E-state index contributed by atoms with van der Waals surface area (Å²) >= 11 is 0. The van der Waals surface area contributed by atoms with Gasteiger partial charge in [0, 0.05) is 19.7 Å². The Labute approximate surface area is 158 Å². The van der Waals surface area contributed by atoms with Gasteiger partial charge in [0.05, 0.1) is 6.33 Å². The number of nitrogens with zero attached hydrogens (tertiary/aromatic N) is 7. The van der Waals surface area contributed by atoms with E-state index < -0.39 is 0 Å². The van der Waals surface area contributed by atoms with Crippen LogP contribution in [0, 0.1) is 0 Å². The summed E-state index contributed by atoms with van der Waals surface area (Å²) in [6.07, 6.45) is 5.41. The molecule has 0 radical (unpaired) electrons. The van der Waals surface area contributed by atoms with Crippen molar-refractivity contribution < 1.29 is 4.42 Å². The van der Waals surface area contributed by atoms with Crippen LogP contribution in [0.2, 0.25) is 0 Å². The summed E-state index contributed by atoms with van der Waals surface area (Å²) in [4.78, 5) is 13.6. The maximum atomic E-state index is 5.97. The lowest BCUT2D eigenvalue weighted by Crippen LogP contribution is -1.95. The molecule has 0 amide bonds. The summed E-state index contributed by atoms with van der Waals surface area (Å²) in [5.41, 5.74) is 4.57. The van der Waals surface area contributed by atoms with Gasteiger partial charge in [-0.2, -0.15) is 10.2 Å². The Morgan fingerprint density at radius 2 is 2.11 bits per heavy atom. The predicted molar refractivity (Wildman–Crippen MR) is 104 cm³/mol. The number of hydrogen-bond acceptors (Lipinski definition) is 8. The lowest BCUT2D eigenvalue weighted by molar-refractivity contribution is 0.608. The molecule has 0 aliphatic heterocycles. The number of oxazole rings is 1. The fraction of sp³-hybridized carbons (Fsp3) is 0.111. The molecule has 0 atom stereocenters. The molecule has 28 heavy (non-hydrogen) atoms. The second-order valence-electron chi connectivity index (χ2n) is 6.16. The zero-order valence-electron chi connectivity index (χ0n) is 15.1. The first-order valence-corrected chi connectivity index (χ1v) is 8.54. The number of anilines is 1. The molecule has 1 aromatic carbocycles. The van der Waals surface area contributed by atoms with Crippen molar-refractivity contribution in [2.24, 2.45) is 7.05 Å². The van der Waals surface area contributed by atoms with Crippen molar-refractivity contribution in [3.8, 4) is 11.5 Å². The van der Waals surface area contributed by atoms with Crippen LogP contribution in [0.25, 0.3) is 45.9 Å². The number of tetrazole rings is 1. The number of aryl methyl sites for hydroxylation is 1. The second kappa shape index (κ2) is 6.27. The van der Waals surface area contributed by atoms with Crippen LogP contribution in [0.3, 0.4) is 0 Å². The van der Waals surface area contributed by atoms with E-state index in [2.05, 4.69) is 40.9 Å². The van der Waals surface area contributed by atoms with Crippen molar-refractivity contribution in [1.29, 1.82) is 0 Å². The van der Waals surface area contributed by atoms with Crippen LogP contribution in [-0.2, 0) is 7.05 Å². The SMILES string of the molecule is CNc1nc2oc(-c3cccc(/C=C/c4nn[nH]n4)c3)nc2c2c1ncn2C. The van der Waals surface area contributed by atoms with Crippen LogP contribution in [0.5, 0.6) is 0 Å². The van der Waals surface area contributed by atoms with E-state index >= 15 is 0 Å². The first kappa shape index (κ1) is 16.1. The highest BCUT2D eigenvalue weighted by atomic mass is 16.4. The van der Waals surface area contributed by atoms with Crippen molar-refractivity contribution in [2.45, 2.75) is 0 Å². The number of benzene rings is 1. The largest absolute Gasteiger partial charge is 0.418 e. The number of nitrogens with one attached hydrogen (secondary N) is 2. The predicted octanol–water partition coefficient (Wildman–Crippen LogP) is 2.50. The normalized spacial score (nSPS) is 11.8. The number of hydrogen-bond donors (Lipinski definition) is 2. The van der Waals surface area contributed by atoms with Gasteiger partial charge in [0.25, 0.3) is 5.71 Å². The lowest BCUT2D eigenvalue weighted by atomic mass is 10.1. The fourth-order valence-corrected chi connectivity index (χ4v) is 3.06. The molecule has 10 heteroatoms. The molecule has 10 nitrogen and oxygen atoms in total. The smallest absolute Gasteiger partial charge is 0.251 e. The van der Waals surface area contributed by atoms with Crippen LogP contribution in [-0.4, -0.2) is 47.2 Å². The second-order valence-corrected chi connectivity index (χ2v) is 6.16. The number of rotatable bonds is 4. The van der Waals surface area contributed by atoms with Gasteiger partial charge in [0.15, 0.2) is 17.2 Å². The molecule has 0 saturated carbocycles. The molecule has 0 aliphatic carbocycles. The third-order valence-corrected chi connectivity index (χ3v) is 4.37. The minimum atomic E-state index is 0.461. The van der Waals surface area contributed by atoms with Crippen molar-refractivity contribution in [1.82, 2.24) is 40.1 Å². The molecule has 5 aromatic rings. The maximum Gasteiger partial charge on any atom is 0.251 e. The van der Waals surface area contributed by atoms with Crippen molar-refractivity contribution in [3.05, 3.63) is 42.0 Å². The summed E-state index contributed by atoms with van der Waals surface area (Å²) < 4.78 is 7.88. The molecule has 138 valence electrons. The van der Waals surface area contributed by atoms with Gasteiger partial charge in [0.1, 0.15) is 11.0 Å². The number of pyridine rings is 1. The third-order valence-electron chi connectivity index (χ3n) is 4.37. The summed E-state index contributed by atoms with van der Waals surface area (Å²) in [5, 5.41) is 16.8. The van der Waals surface area contributed by atoms with Gasteiger partial charge in [0.2, 0.25) is 5.89 Å². The molecule has 2 N–H and O–H groups in total. The van der Waals surface area contributed by atoms with Crippen LogP contribution >= 0.6 is 0 Å². The molecule has 0 unspecified atom stereocenters. The Morgan fingerprint density at radius 3 is 2.93 bits per heavy atom. The van der Waals surface area contributed by atoms with Gasteiger partial charge < -0.3 is 14.3 Å². The molecule has 4 aromatic heterocycles. The molecule has 4 heterocycles. The molecule has 5 rings (SSSR count). The highest BCUT2D eigenvalue weighted by molar-refractivity contribution is 6.03. The molecule has 0 bridgehead atoms. The van der Waals surface area contributed by atoms with Crippen LogP contribution < -0.4 is 5.32 Å². The molecule has 0 saturated heterocycles. The highest BCUT2D eigenvalue weighted by Gasteiger charge is 2.18. The minimum Gasteiger partial charge on any atom is -0.418 e. The Kier molecular flexibility index (Phi) is 3.61. The fourth-order valence-electron chi connectivity index (χ4n) is 3.06. The average Bonchev–Trinajstić information content (AvgIpc) is 3.45. The standard InChI is InChI=1S/C18H15N9O/c1-19-16-13-15(27(2)9-20-13)14-18(22-16)28-17(21-14)11-5-3-4-10(8-11)6-7-12-23-25-26-24-12/h3-9H,1-2H3,(H,19,22)(H,23,24,25,26)/b7-6+. The summed E-state index contributed by atoms with van der Waals surface area (Å²) in [7, 11) is 3.73. The van der Waals surface area contributed by atoms with Crippen LogP contribution in [0.1, 0.15) is 11.4 Å². The average molecular weight is 373 g/mol. The van der Waals surface area contributed by atoms with E-state index in [1.807, 2.05) is 42.0 Å². The van der Waals surface area contributed by atoms with Crippen molar-refractivity contribution in [3.63, 3.8) is 0 Å². The van der Waals surface area contributed by atoms with E-state index in [-0.39, 0.29) is 0 Å². The molecular weight excluding hydrogens is 358 g/mol. The van der Waals surface area contributed by atoms with Crippen molar-refractivity contribution >= 4 is 40.2 Å². The van der Waals surface area contributed by atoms with Gasteiger partial charge in [-0.05, 0) is 29.0 Å². The van der Waals surface area contributed by atoms with E-state index in [1.54, 1.807) is 19.5 Å². The van der Waals surface area contributed by atoms with E-state index in [0.717, 1.165) is 22.2 Å². The number of aromatic nitrogens is 8. The van der Waals surface area contributed by atoms with E-state index in [4.69, 9.17) is 4.42 Å². The zero-order valence-corrected chi connectivity index (χ0v) is 15.1. The molecule has 0 spiro atoms. The van der Waals surface area contributed by atoms with E-state index in [0.29, 0.717) is 28.8 Å². The first-order chi connectivity index (χ1) is 13.7. The Bertz CT molecular complexity index is 1310. The van der Waals surface area contributed by atoms with E-state index in [9.17, 15) is 0 Å². The van der Waals surface area contributed by atoms with Crippen LogP contribution in [0.15, 0.2) is 35.0 Å². The minimum absolute atomic E-state index is 0.461. The number of H-pyrrole nitrogens is 1. The molecule has 0 aliphatic rings. The molecular formula is C18H15N9O. The third kappa shape index (κ3) is 2.58. The van der Waals surface area contributed by atoms with Gasteiger partial charge in [-0.1, -0.05) is 18.2 Å². The summed E-state index contributed by atoms with van der Waals surface area (Å²) in [6.45, 7) is 0. The number of imidazole rings is 1. The first-order valence-electron chi connectivity index (χ1n) is 8.54. The topological polar surface area (TPSA) is 123 Å². The van der Waals surface area contributed by atoms with Crippen molar-refractivity contribution in [2.75, 3.05) is 12.4 Å². The number of fused-ring (bicyclic) bond motifs is 3. The van der Waals surface area contributed by atoms with Gasteiger partial charge in [-0.25, -0.2) is 9.97 Å². The maximum absolute atomic E-state index is 5.97. The quantitative estimate of drug-likeness (QED) is 0.492. The Balaban J connectivity index is 1.61. The molecule has 0 fully saturated rings.